The molecule has 3 atom stereocenters. The predicted octanol–water partition coefficient (Wildman–Crippen LogP) is 8.45. The SMILES string of the molecule is C=CCOC[C@@H]1CC[C@H]1CN1C[C@@]2(CCCc3cc(Cl)ccc32)COc2ccc(S(=O)(=O)N(Cc3ccc(OC)cc3)Cc3ccc(OC)cc3)cc21. The van der Waals surface area contributed by atoms with Crippen molar-refractivity contribution in [3.05, 3.63) is 125 Å². The largest absolute Gasteiger partial charge is 0.497 e. The molecule has 0 unspecified atom stereocenters. The van der Waals surface area contributed by atoms with Crippen LogP contribution < -0.4 is 19.1 Å². The summed E-state index contributed by atoms with van der Waals surface area (Å²) in [6.45, 7) is 7.43. The van der Waals surface area contributed by atoms with Crippen LogP contribution in [-0.2, 0) is 39.7 Å². The molecule has 0 radical (unpaired) electrons. The molecule has 0 aromatic heterocycles. The maximum Gasteiger partial charge on any atom is 0.243 e. The monoisotopic (exact) mass is 756 g/mol. The van der Waals surface area contributed by atoms with Crippen molar-refractivity contribution in [1.82, 2.24) is 4.31 Å². The number of hydrogen-bond acceptors (Lipinski definition) is 7. The van der Waals surface area contributed by atoms with Crippen LogP contribution in [0.5, 0.6) is 17.2 Å². The fraction of sp³-hybridized carbons (Fsp3) is 0.395. The average molecular weight is 757 g/mol. The van der Waals surface area contributed by atoms with Crippen LogP contribution in [0.25, 0.3) is 0 Å². The summed E-state index contributed by atoms with van der Waals surface area (Å²) in [7, 11) is -0.749. The lowest BCUT2D eigenvalue weighted by atomic mass is 9.69. The molecule has 1 fully saturated rings. The standard InChI is InChI=1S/C43H49ClN2O6S/c1-4-22-51-28-35-12-11-34(35)27-45-29-43(21-5-6-33-23-36(44)13-19-40(33)43)30-52-42-20-18-39(24-41(42)45)53(47,48)46(25-31-7-14-37(49-2)15-8-31)26-32-9-16-38(50-3)17-10-32/h4,7-10,13-20,23-24,34-35H,1,5-6,11-12,21-22,25-30H2,2-3H3/t34-,35-,43-/m0/s1. The van der Waals surface area contributed by atoms with Crippen LogP contribution in [-0.4, -0.2) is 59.9 Å². The number of ether oxygens (including phenoxy) is 4. The van der Waals surface area contributed by atoms with Crippen LogP contribution >= 0.6 is 11.6 Å². The highest BCUT2D eigenvalue weighted by Crippen LogP contribution is 2.46. The number of aryl methyl sites for hydroxylation is 1. The van der Waals surface area contributed by atoms with Crippen molar-refractivity contribution in [3.63, 3.8) is 0 Å². The Morgan fingerprint density at radius 3 is 2.23 bits per heavy atom. The van der Waals surface area contributed by atoms with Crippen molar-refractivity contribution in [1.29, 1.82) is 0 Å². The van der Waals surface area contributed by atoms with Gasteiger partial charge in [-0.05, 0) is 121 Å². The van der Waals surface area contributed by atoms with Gasteiger partial charge >= 0.3 is 0 Å². The van der Waals surface area contributed by atoms with E-state index in [-0.39, 0.29) is 23.4 Å². The van der Waals surface area contributed by atoms with Gasteiger partial charge in [0, 0.05) is 36.6 Å². The number of sulfonamides is 1. The van der Waals surface area contributed by atoms with Crippen molar-refractivity contribution in [2.45, 2.75) is 55.5 Å². The molecule has 3 aliphatic rings. The molecule has 1 heterocycles. The highest BCUT2D eigenvalue weighted by molar-refractivity contribution is 7.89. The normalized spacial score (nSPS) is 20.9. The van der Waals surface area contributed by atoms with E-state index in [0.717, 1.165) is 67.0 Å². The molecule has 4 aromatic rings. The zero-order chi connectivity index (χ0) is 37.0. The number of methoxy groups -OCH3 is 2. The summed E-state index contributed by atoms with van der Waals surface area (Å²) < 4.78 is 54.5. The van der Waals surface area contributed by atoms with Gasteiger partial charge in [0.25, 0.3) is 0 Å². The second-order valence-electron chi connectivity index (χ2n) is 14.6. The van der Waals surface area contributed by atoms with E-state index in [1.807, 2.05) is 66.7 Å². The lowest BCUT2D eigenvalue weighted by Gasteiger charge is -2.44. The summed E-state index contributed by atoms with van der Waals surface area (Å²) >= 11 is 6.48. The van der Waals surface area contributed by atoms with Crippen LogP contribution in [0.15, 0.2) is 102 Å². The van der Waals surface area contributed by atoms with Gasteiger partial charge < -0.3 is 23.8 Å². The van der Waals surface area contributed by atoms with E-state index in [9.17, 15) is 8.42 Å². The van der Waals surface area contributed by atoms with E-state index in [2.05, 4.69) is 23.6 Å². The van der Waals surface area contributed by atoms with Crippen molar-refractivity contribution < 1.29 is 27.4 Å². The van der Waals surface area contributed by atoms with Gasteiger partial charge in [-0.25, -0.2) is 8.42 Å². The van der Waals surface area contributed by atoms with E-state index in [1.165, 1.54) is 11.1 Å². The molecule has 0 amide bonds. The Balaban J connectivity index is 1.25. The predicted molar refractivity (Wildman–Crippen MR) is 210 cm³/mol. The zero-order valence-electron chi connectivity index (χ0n) is 30.6. The Kier molecular flexibility index (Phi) is 11.4. The van der Waals surface area contributed by atoms with Gasteiger partial charge in [0.15, 0.2) is 0 Å². The highest BCUT2D eigenvalue weighted by atomic mass is 35.5. The number of halogens is 1. The molecular weight excluding hydrogens is 708 g/mol. The smallest absolute Gasteiger partial charge is 0.243 e. The van der Waals surface area contributed by atoms with Crippen LogP contribution in [0.1, 0.15) is 47.9 Å². The topological polar surface area (TPSA) is 77.5 Å². The van der Waals surface area contributed by atoms with Gasteiger partial charge in [-0.3, -0.25) is 0 Å². The van der Waals surface area contributed by atoms with Crippen LogP contribution in [0.4, 0.5) is 5.69 Å². The molecule has 280 valence electrons. The Bertz CT molecular complexity index is 1950. The second-order valence-corrected chi connectivity index (χ2v) is 17.0. The highest BCUT2D eigenvalue weighted by Gasteiger charge is 2.43. The molecule has 53 heavy (non-hydrogen) atoms. The number of fused-ring (bicyclic) bond motifs is 3. The quantitative estimate of drug-likeness (QED) is 0.0945. The summed E-state index contributed by atoms with van der Waals surface area (Å²) in [5, 5.41) is 0.746. The molecule has 1 saturated carbocycles. The van der Waals surface area contributed by atoms with E-state index in [4.69, 9.17) is 30.5 Å². The minimum absolute atomic E-state index is 0.187. The maximum atomic E-state index is 14.8. The Labute approximate surface area is 319 Å². The minimum atomic E-state index is -3.99. The third-order valence-electron chi connectivity index (χ3n) is 11.3. The van der Waals surface area contributed by atoms with Gasteiger partial charge in [0.1, 0.15) is 17.2 Å². The molecule has 1 aliphatic heterocycles. The van der Waals surface area contributed by atoms with Crippen LogP contribution in [0.3, 0.4) is 0 Å². The van der Waals surface area contributed by atoms with E-state index in [1.54, 1.807) is 30.7 Å². The fourth-order valence-electron chi connectivity index (χ4n) is 8.18. The molecule has 2 aliphatic carbocycles. The first-order valence-corrected chi connectivity index (χ1v) is 20.3. The Morgan fingerprint density at radius 2 is 1.60 bits per heavy atom. The first-order valence-electron chi connectivity index (χ1n) is 18.5. The van der Waals surface area contributed by atoms with Gasteiger partial charge in [-0.1, -0.05) is 48.0 Å². The Morgan fingerprint density at radius 1 is 0.925 bits per heavy atom. The van der Waals surface area contributed by atoms with Gasteiger partial charge in [0.2, 0.25) is 10.0 Å². The first kappa shape index (κ1) is 37.3. The lowest BCUT2D eigenvalue weighted by molar-refractivity contribution is 0.0466. The number of benzene rings is 4. The summed E-state index contributed by atoms with van der Waals surface area (Å²) in [5.74, 6) is 2.99. The fourth-order valence-corrected chi connectivity index (χ4v) is 9.81. The number of nitrogens with zero attached hydrogens (tertiary/aromatic N) is 2. The lowest BCUT2D eigenvalue weighted by Crippen LogP contribution is -2.48. The van der Waals surface area contributed by atoms with Crippen LogP contribution in [0, 0.1) is 11.8 Å². The molecule has 8 nitrogen and oxygen atoms in total. The molecule has 1 spiro atoms. The maximum absolute atomic E-state index is 14.8. The third-order valence-corrected chi connectivity index (χ3v) is 13.3. The van der Waals surface area contributed by atoms with Gasteiger partial charge in [-0.2, -0.15) is 4.31 Å². The first-order chi connectivity index (χ1) is 25.7. The average Bonchev–Trinajstić information content (AvgIpc) is 3.32. The summed E-state index contributed by atoms with van der Waals surface area (Å²) in [6.07, 6.45) is 7.01. The van der Waals surface area contributed by atoms with E-state index >= 15 is 0 Å². The zero-order valence-corrected chi connectivity index (χ0v) is 32.2. The molecular formula is C43H49ClN2O6S. The van der Waals surface area contributed by atoms with Crippen LogP contribution in [0.2, 0.25) is 5.02 Å². The van der Waals surface area contributed by atoms with E-state index in [0.29, 0.717) is 48.9 Å². The number of rotatable bonds is 14. The second kappa shape index (κ2) is 16.1. The van der Waals surface area contributed by atoms with Gasteiger partial charge in [0.05, 0.1) is 44.6 Å². The molecule has 10 heteroatoms. The van der Waals surface area contributed by atoms with Gasteiger partial charge in [-0.15, -0.1) is 6.58 Å². The van der Waals surface area contributed by atoms with Crippen molar-refractivity contribution in [2.24, 2.45) is 11.8 Å². The minimum Gasteiger partial charge on any atom is -0.497 e. The van der Waals surface area contributed by atoms with Crippen molar-refractivity contribution in [2.75, 3.05) is 52.0 Å². The molecule has 0 saturated heterocycles. The summed E-state index contributed by atoms with van der Waals surface area (Å²) in [5.41, 5.74) is 4.82. The number of anilines is 1. The summed E-state index contributed by atoms with van der Waals surface area (Å²) in [6, 6.07) is 26.7. The Hall–Kier alpha value is -4.02. The molecule has 7 rings (SSSR count). The molecule has 0 N–H and O–H groups in total. The molecule has 4 aromatic carbocycles. The molecule has 0 bridgehead atoms. The third kappa shape index (κ3) is 8.09. The summed E-state index contributed by atoms with van der Waals surface area (Å²) in [4.78, 5) is 2.64. The van der Waals surface area contributed by atoms with Crippen molar-refractivity contribution in [3.8, 4) is 17.2 Å². The van der Waals surface area contributed by atoms with Crippen molar-refractivity contribution >= 4 is 27.3 Å². The van der Waals surface area contributed by atoms with E-state index < -0.39 is 10.0 Å². The number of hydrogen-bond donors (Lipinski definition) is 0.